The summed E-state index contributed by atoms with van der Waals surface area (Å²) in [7, 11) is 0. The van der Waals surface area contributed by atoms with Crippen molar-refractivity contribution in [1.29, 1.82) is 0 Å². The molecule has 0 fully saturated rings. The number of halogens is 2. The van der Waals surface area contributed by atoms with Crippen molar-refractivity contribution in [3.63, 3.8) is 0 Å². The van der Waals surface area contributed by atoms with Crippen LogP contribution in [-0.4, -0.2) is 20.5 Å². The van der Waals surface area contributed by atoms with Gasteiger partial charge in [-0.1, -0.05) is 47.5 Å². The van der Waals surface area contributed by atoms with E-state index in [9.17, 15) is 0 Å². The van der Waals surface area contributed by atoms with Gasteiger partial charge in [-0.3, -0.25) is 4.79 Å². The van der Waals surface area contributed by atoms with Crippen molar-refractivity contribution in [2.45, 2.75) is 6.92 Å². The lowest BCUT2D eigenvalue weighted by atomic mass is 10.2. The lowest BCUT2D eigenvalue weighted by Gasteiger charge is -2.07. The zero-order valence-electron chi connectivity index (χ0n) is 12.6. The third kappa shape index (κ3) is 2.84. The van der Waals surface area contributed by atoms with Crippen molar-refractivity contribution < 1.29 is 9.90 Å². The van der Waals surface area contributed by atoms with Crippen LogP contribution in [-0.2, 0) is 4.79 Å². The average Bonchev–Trinajstić information content (AvgIpc) is 2.89. The predicted octanol–water partition coefficient (Wildman–Crippen LogP) is 4.62. The first-order valence-electron chi connectivity index (χ1n) is 7.02. The zero-order valence-corrected chi connectivity index (χ0v) is 14.1. The molecule has 0 atom stereocenters. The molecule has 0 saturated heterocycles. The van der Waals surface area contributed by atoms with Crippen LogP contribution in [0, 0.1) is 0 Å². The molecule has 2 aromatic heterocycles. The molecule has 4 rings (SSSR count). The van der Waals surface area contributed by atoms with Crippen molar-refractivity contribution in [2.75, 3.05) is 5.73 Å². The van der Waals surface area contributed by atoms with E-state index in [1.165, 1.54) is 0 Å². The smallest absolute Gasteiger partial charge is 0.300 e. The molecule has 4 aromatic rings. The number of aliphatic carboxylic acids is 1. The van der Waals surface area contributed by atoms with E-state index in [1.807, 2.05) is 40.9 Å². The van der Waals surface area contributed by atoms with Gasteiger partial charge in [-0.25, -0.2) is 4.98 Å². The van der Waals surface area contributed by atoms with E-state index >= 15 is 0 Å². The highest BCUT2D eigenvalue weighted by Gasteiger charge is 2.12. The molecule has 3 N–H and O–H groups in total. The Kier molecular flexibility index (Phi) is 4.22. The van der Waals surface area contributed by atoms with E-state index in [2.05, 4.69) is 4.98 Å². The maximum Gasteiger partial charge on any atom is 0.300 e. The van der Waals surface area contributed by atoms with E-state index in [-0.39, 0.29) is 0 Å². The summed E-state index contributed by atoms with van der Waals surface area (Å²) in [5.41, 5.74) is 8.62. The number of nitrogens with two attached hydrogens (primary N) is 1. The number of nitrogens with zero attached hydrogens (tertiary/aromatic N) is 2. The number of hydrogen-bond donors (Lipinski definition) is 2. The molecule has 24 heavy (non-hydrogen) atoms. The number of aromatic nitrogens is 2. The maximum atomic E-state index is 9.00. The lowest BCUT2D eigenvalue weighted by molar-refractivity contribution is -0.134. The third-order valence-corrected chi connectivity index (χ3v) is 4.21. The van der Waals surface area contributed by atoms with E-state index in [0.29, 0.717) is 15.9 Å². The van der Waals surface area contributed by atoms with Gasteiger partial charge in [0.2, 0.25) is 0 Å². The largest absolute Gasteiger partial charge is 0.481 e. The molecule has 2 heterocycles. The van der Waals surface area contributed by atoms with E-state index in [0.717, 1.165) is 34.2 Å². The number of hydrogen-bond acceptors (Lipinski definition) is 3. The summed E-state index contributed by atoms with van der Waals surface area (Å²) < 4.78 is 2.02. The molecule has 0 radical (unpaired) electrons. The molecule has 5 nitrogen and oxygen atoms in total. The van der Waals surface area contributed by atoms with E-state index in [4.69, 9.17) is 38.8 Å². The quantitative estimate of drug-likeness (QED) is 0.478. The highest BCUT2D eigenvalue weighted by atomic mass is 35.5. The second-order valence-corrected chi connectivity index (χ2v) is 6.02. The zero-order chi connectivity index (χ0) is 17.4. The first-order valence-corrected chi connectivity index (χ1v) is 7.77. The third-order valence-electron chi connectivity index (χ3n) is 3.49. The minimum Gasteiger partial charge on any atom is -0.481 e. The number of fused-ring (bicyclic) bond motifs is 5. The number of nitrogen functional groups attached to an aromatic ring is 1. The van der Waals surface area contributed by atoms with Gasteiger partial charge in [0.25, 0.3) is 5.97 Å². The molecule has 0 aliphatic rings. The minimum absolute atomic E-state index is 0.474. The van der Waals surface area contributed by atoms with Gasteiger partial charge in [0.05, 0.1) is 26.6 Å². The Morgan fingerprint density at radius 3 is 2.54 bits per heavy atom. The van der Waals surface area contributed by atoms with Crippen molar-refractivity contribution in [3.05, 3.63) is 52.6 Å². The molecule has 122 valence electrons. The van der Waals surface area contributed by atoms with Crippen LogP contribution in [0.15, 0.2) is 42.6 Å². The maximum absolute atomic E-state index is 9.00. The van der Waals surface area contributed by atoms with Crippen LogP contribution in [0.4, 0.5) is 5.82 Å². The minimum atomic E-state index is -0.833. The fourth-order valence-corrected chi connectivity index (χ4v) is 2.92. The fourth-order valence-electron chi connectivity index (χ4n) is 2.60. The van der Waals surface area contributed by atoms with Crippen LogP contribution >= 0.6 is 23.2 Å². The lowest BCUT2D eigenvalue weighted by Crippen LogP contribution is -1.97. The molecule has 0 unspecified atom stereocenters. The number of anilines is 1. The summed E-state index contributed by atoms with van der Waals surface area (Å²) >= 11 is 12.2. The predicted molar refractivity (Wildman–Crippen MR) is 97.9 cm³/mol. The van der Waals surface area contributed by atoms with Gasteiger partial charge in [0.15, 0.2) is 0 Å². The SMILES string of the molecule is CC(=O)O.Nc1nc2cc(Cl)c(Cl)cc2n2cc3ccccc3c12. The van der Waals surface area contributed by atoms with Crippen LogP contribution in [0.2, 0.25) is 10.0 Å². The number of carbonyl (C=O) groups is 1. The van der Waals surface area contributed by atoms with Crippen molar-refractivity contribution in [1.82, 2.24) is 9.38 Å². The number of carboxylic acid groups (broad SMARTS) is 1. The molecule has 0 amide bonds. The Bertz CT molecular complexity index is 1090. The first-order chi connectivity index (χ1) is 11.4. The second-order valence-electron chi connectivity index (χ2n) is 5.21. The van der Waals surface area contributed by atoms with Crippen molar-refractivity contribution in [3.8, 4) is 0 Å². The van der Waals surface area contributed by atoms with Crippen LogP contribution in [0.3, 0.4) is 0 Å². The van der Waals surface area contributed by atoms with Gasteiger partial charge in [-0.05, 0) is 12.1 Å². The van der Waals surface area contributed by atoms with Gasteiger partial charge in [-0.15, -0.1) is 0 Å². The van der Waals surface area contributed by atoms with Gasteiger partial charge < -0.3 is 15.2 Å². The van der Waals surface area contributed by atoms with Crippen LogP contribution in [0.5, 0.6) is 0 Å². The monoisotopic (exact) mass is 361 g/mol. The molecule has 0 aliphatic carbocycles. The normalized spacial score (nSPS) is 10.8. The van der Waals surface area contributed by atoms with Crippen LogP contribution in [0.25, 0.3) is 27.3 Å². The van der Waals surface area contributed by atoms with Crippen molar-refractivity contribution in [2.24, 2.45) is 0 Å². The standard InChI is InChI=1S/C15H9Cl2N3.C2H4O2/c16-10-5-12-13(6-11(10)17)20-7-8-3-1-2-4-9(8)14(20)15(18)19-12;1-2(3)4/h1-7H,(H2,18,19);1H3,(H,3,4). The Morgan fingerprint density at radius 1 is 1.21 bits per heavy atom. The summed E-state index contributed by atoms with van der Waals surface area (Å²) in [5, 5.41) is 10.6. The molecular formula is C17H13Cl2N3O2. The summed E-state index contributed by atoms with van der Waals surface area (Å²) in [6.07, 6.45) is 2.04. The molecular weight excluding hydrogens is 349 g/mol. The summed E-state index contributed by atoms with van der Waals surface area (Å²) in [6.45, 7) is 1.08. The van der Waals surface area contributed by atoms with Gasteiger partial charge in [-0.2, -0.15) is 0 Å². The first kappa shape index (κ1) is 16.4. The average molecular weight is 362 g/mol. The molecule has 0 bridgehead atoms. The molecule has 2 aromatic carbocycles. The van der Waals surface area contributed by atoms with Gasteiger partial charge in [0.1, 0.15) is 5.82 Å². The molecule has 0 spiro atoms. The van der Waals surface area contributed by atoms with Gasteiger partial charge in [0, 0.05) is 23.9 Å². The second kappa shape index (κ2) is 6.19. The van der Waals surface area contributed by atoms with Crippen LogP contribution in [0.1, 0.15) is 6.92 Å². The highest BCUT2D eigenvalue weighted by Crippen LogP contribution is 2.32. The summed E-state index contributed by atoms with van der Waals surface area (Å²) in [4.78, 5) is 13.4. The van der Waals surface area contributed by atoms with Crippen LogP contribution < -0.4 is 5.73 Å². The topological polar surface area (TPSA) is 80.6 Å². The Balaban J connectivity index is 0.000000383. The molecule has 7 heteroatoms. The van der Waals surface area contributed by atoms with E-state index in [1.54, 1.807) is 6.07 Å². The summed E-state index contributed by atoms with van der Waals surface area (Å²) in [5.74, 6) is -0.350. The Labute approximate surface area is 147 Å². The summed E-state index contributed by atoms with van der Waals surface area (Å²) in [6, 6.07) is 11.6. The molecule has 0 aliphatic heterocycles. The van der Waals surface area contributed by atoms with Gasteiger partial charge >= 0.3 is 0 Å². The highest BCUT2D eigenvalue weighted by molar-refractivity contribution is 6.42. The van der Waals surface area contributed by atoms with E-state index < -0.39 is 5.97 Å². The Hall–Kier alpha value is -2.50. The fraction of sp³-hybridized carbons (Fsp3) is 0.0588. The Morgan fingerprint density at radius 2 is 1.83 bits per heavy atom. The molecule has 0 saturated carbocycles. The number of rotatable bonds is 0. The number of benzene rings is 2. The number of carboxylic acids is 1. The van der Waals surface area contributed by atoms with Crippen molar-refractivity contribution >= 4 is 62.3 Å².